The van der Waals surface area contributed by atoms with Crippen molar-refractivity contribution in [2.75, 3.05) is 0 Å². The largest absolute Gasteiger partial charge is 0.480 e. The number of rotatable bonds is 0. The summed E-state index contributed by atoms with van der Waals surface area (Å²) in [5.41, 5.74) is 3.67. The van der Waals surface area contributed by atoms with Gasteiger partial charge in [-0.3, -0.25) is 12.1 Å². The molecule has 2 aromatic carbocycles. The van der Waals surface area contributed by atoms with E-state index >= 15 is 0 Å². The Bertz CT molecular complexity index is 375. The van der Waals surface area contributed by atoms with Crippen molar-refractivity contribution in [1.29, 1.82) is 0 Å². The molecule has 0 atom stereocenters. The molecule has 0 saturated carbocycles. The maximum atomic E-state index is 3.73. The molecule has 0 aliphatic carbocycles. The molecule has 0 bridgehead atoms. The topological polar surface area (TPSA) is 0 Å². The standard InChI is InChI=1S/2C8H7.2C2H6.2W.2Y/c2*1-7-5-3-4-6-8(7)2;2*1-2;;;;/h2*3-5H,1-2H2;2*1-2H3;;;;/q2*-3;;;;;;. The summed E-state index contributed by atoms with van der Waals surface area (Å²) < 4.78 is 0. The van der Waals surface area contributed by atoms with Crippen molar-refractivity contribution in [3.05, 3.63) is 98.5 Å². The van der Waals surface area contributed by atoms with E-state index in [0.29, 0.717) is 0 Å². The molecule has 0 N–H and O–H groups in total. The van der Waals surface area contributed by atoms with Crippen molar-refractivity contribution in [1.82, 2.24) is 0 Å². The molecular formula is C20H26W2Y2-6. The Morgan fingerprint density at radius 2 is 0.875 bits per heavy atom. The van der Waals surface area contributed by atoms with Gasteiger partial charge in [-0.1, -0.05) is 27.7 Å². The first-order chi connectivity index (χ1) is 9.61. The smallest absolute Gasteiger partial charge is 0 e. The van der Waals surface area contributed by atoms with Crippen LogP contribution in [0.3, 0.4) is 0 Å². The third-order valence-electron chi connectivity index (χ3n) is 2.08. The van der Waals surface area contributed by atoms with Crippen molar-refractivity contribution in [3.8, 4) is 0 Å². The minimum absolute atomic E-state index is 0. The molecule has 4 heteroatoms. The zero-order valence-electron chi connectivity index (χ0n) is 15.3. The molecule has 0 aromatic heterocycles. The number of hydrogen-bond acceptors (Lipinski definition) is 0. The van der Waals surface area contributed by atoms with E-state index in [9.17, 15) is 0 Å². The normalized spacial score (nSPS) is 6.50. The van der Waals surface area contributed by atoms with Crippen LogP contribution < -0.4 is 0 Å². The maximum Gasteiger partial charge on any atom is 0 e. The van der Waals surface area contributed by atoms with Gasteiger partial charge in [-0.15, -0.1) is 0 Å². The molecular weight excluding hydrogens is 786 g/mol. The van der Waals surface area contributed by atoms with Gasteiger partial charge in [-0.2, -0.15) is 12.1 Å². The molecule has 0 saturated heterocycles. The Labute approximate surface area is 230 Å². The fourth-order valence-electron chi connectivity index (χ4n) is 1.01. The summed E-state index contributed by atoms with van der Waals surface area (Å²) in [4.78, 5) is 0. The van der Waals surface area contributed by atoms with Gasteiger partial charge < -0.3 is 62.1 Å². The molecule has 130 valence electrons. The minimum atomic E-state index is 0. The fourth-order valence-corrected chi connectivity index (χ4v) is 1.01. The van der Waals surface area contributed by atoms with Crippen LogP contribution in [0.5, 0.6) is 0 Å². The van der Waals surface area contributed by atoms with Crippen LogP contribution in [0.25, 0.3) is 0 Å². The predicted octanol–water partition coefficient (Wildman–Crippen LogP) is 5.74. The second-order valence-electron chi connectivity index (χ2n) is 3.35. The van der Waals surface area contributed by atoms with Crippen molar-refractivity contribution in [2.45, 2.75) is 27.7 Å². The number of benzene rings is 2. The Hall–Kier alpha value is 1.50. The Morgan fingerprint density at radius 3 is 1.00 bits per heavy atom. The second kappa shape index (κ2) is 29.3. The van der Waals surface area contributed by atoms with Gasteiger partial charge in [0.25, 0.3) is 0 Å². The summed E-state index contributed by atoms with van der Waals surface area (Å²) >= 11 is 0. The van der Waals surface area contributed by atoms with Gasteiger partial charge in [0.05, 0.1) is 0 Å². The molecule has 0 heterocycles. The van der Waals surface area contributed by atoms with Gasteiger partial charge in [0.1, 0.15) is 0 Å². The zero-order chi connectivity index (χ0) is 16.0. The van der Waals surface area contributed by atoms with Crippen LogP contribution in [-0.2, 0) is 108 Å². The van der Waals surface area contributed by atoms with Crippen LogP contribution in [-0.4, -0.2) is 0 Å². The second-order valence-corrected chi connectivity index (χ2v) is 3.35. The van der Waals surface area contributed by atoms with E-state index in [-0.39, 0.29) is 108 Å². The van der Waals surface area contributed by atoms with E-state index in [1.165, 1.54) is 0 Å². The molecule has 2 aromatic rings. The molecule has 2 rings (SSSR count). The summed E-state index contributed by atoms with van der Waals surface area (Å²) in [6.45, 7) is 22.9. The first kappa shape index (κ1) is 40.3. The Morgan fingerprint density at radius 1 is 0.625 bits per heavy atom. The molecule has 24 heavy (non-hydrogen) atoms. The monoisotopic (exact) mass is 812 g/mol. The van der Waals surface area contributed by atoms with Gasteiger partial charge >= 0.3 is 0 Å². The average Bonchev–Trinajstić information content (AvgIpc) is 2.50. The molecule has 0 aliphatic heterocycles. The van der Waals surface area contributed by atoms with Gasteiger partial charge in [0, 0.05) is 108 Å². The predicted molar refractivity (Wildman–Crippen MR) is 91.1 cm³/mol. The summed E-state index contributed by atoms with van der Waals surface area (Å²) in [6, 6.07) is 17.1. The minimum Gasteiger partial charge on any atom is -0.480 e. The maximum absolute atomic E-state index is 3.73. The molecule has 0 spiro atoms. The van der Waals surface area contributed by atoms with E-state index in [1.807, 2.05) is 64.1 Å². The van der Waals surface area contributed by atoms with Gasteiger partial charge in [-0.05, 0) is 0 Å². The average molecular weight is 812 g/mol. The van der Waals surface area contributed by atoms with E-state index < -0.39 is 0 Å². The van der Waals surface area contributed by atoms with Gasteiger partial charge in [0.2, 0.25) is 0 Å². The van der Waals surface area contributed by atoms with Crippen molar-refractivity contribution in [3.63, 3.8) is 0 Å². The van der Waals surface area contributed by atoms with Crippen LogP contribution in [0.2, 0.25) is 0 Å². The first-order valence-corrected chi connectivity index (χ1v) is 6.90. The van der Waals surface area contributed by atoms with Crippen molar-refractivity contribution in [2.24, 2.45) is 0 Å². The number of hydrogen-bond donors (Lipinski definition) is 0. The molecule has 0 fully saturated rings. The van der Waals surface area contributed by atoms with Crippen LogP contribution in [0.4, 0.5) is 0 Å². The Kier molecular flexibility index (Phi) is 49.1. The van der Waals surface area contributed by atoms with E-state index in [1.54, 1.807) is 0 Å². The molecule has 0 amide bonds. The molecule has 0 aliphatic rings. The van der Waals surface area contributed by atoms with E-state index in [4.69, 9.17) is 0 Å². The quantitative estimate of drug-likeness (QED) is 0.298. The molecule has 2 radical (unpaired) electrons. The van der Waals surface area contributed by atoms with Crippen molar-refractivity contribution < 1.29 is 108 Å². The molecule has 0 nitrogen and oxygen atoms in total. The van der Waals surface area contributed by atoms with Gasteiger partial charge in [-0.25, -0.2) is 12.1 Å². The third-order valence-corrected chi connectivity index (χ3v) is 2.08. The van der Waals surface area contributed by atoms with Crippen LogP contribution in [0.15, 0.2) is 36.4 Å². The summed E-state index contributed by atoms with van der Waals surface area (Å²) in [6.07, 6.45) is 0. The molecule has 0 unspecified atom stereocenters. The van der Waals surface area contributed by atoms with Crippen LogP contribution >= 0.6 is 0 Å². The summed E-state index contributed by atoms with van der Waals surface area (Å²) in [5.74, 6) is 0. The fraction of sp³-hybridized carbons (Fsp3) is 0.200. The van der Waals surface area contributed by atoms with Crippen LogP contribution in [0.1, 0.15) is 49.9 Å². The Balaban J connectivity index is -0.0000000491. The van der Waals surface area contributed by atoms with Crippen LogP contribution in [0, 0.1) is 39.8 Å². The van der Waals surface area contributed by atoms with E-state index in [0.717, 1.165) is 22.3 Å². The first-order valence-electron chi connectivity index (χ1n) is 6.90. The van der Waals surface area contributed by atoms with Gasteiger partial charge in [0.15, 0.2) is 0 Å². The zero-order valence-corrected chi connectivity index (χ0v) is 26.8. The third kappa shape index (κ3) is 21.5. The SMILES string of the molecule is CC.CC.[CH2-]c1[c-]cccc1[CH2-].[CH2-]c1[c-]cccc1[CH2-].[W].[W].[Y].[Y]. The summed E-state index contributed by atoms with van der Waals surface area (Å²) in [5, 5.41) is 0. The summed E-state index contributed by atoms with van der Waals surface area (Å²) in [7, 11) is 0. The van der Waals surface area contributed by atoms with Crippen molar-refractivity contribution >= 4 is 0 Å². The van der Waals surface area contributed by atoms with E-state index in [2.05, 4.69) is 39.8 Å².